The fourth-order valence-electron chi connectivity index (χ4n) is 2.60. The van der Waals surface area contributed by atoms with Gasteiger partial charge in [-0.05, 0) is 18.9 Å². The number of hydrazine groups is 1. The molecule has 1 saturated heterocycles. The highest BCUT2D eigenvalue weighted by atomic mass is 16.1. The molecule has 1 aliphatic rings. The summed E-state index contributed by atoms with van der Waals surface area (Å²) in [6.45, 7) is 9.09. The molecule has 1 aromatic carbocycles. The number of hydrogen-bond donors (Lipinski definition) is 0. The van der Waals surface area contributed by atoms with E-state index in [1.807, 2.05) is 5.01 Å². The van der Waals surface area contributed by atoms with Crippen molar-refractivity contribution in [2.75, 3.05) is 26.2 Å². The minimum absolute atomic E-state index is 0.285. The molecule has 0 bridgehead atoms. The number of rotatable bonds is 6. The standard InChI is InChI=1S/C16H25N3O/c1-3-15(2)19(14-20)18-11-9-17(10-12-18)13-16-7-5-4-6-8-16/h4-8,14-15H,3,9-13H2,1-2H3. The molecule has 4 heteroatoms. The van der Waals surface area contributed by atoms with Gasteiger partial charge in [-0.2, -0.15) is 0 Å². The van der Waals surface area contributed by atoms with Crippen molar-refractivity contribution < 1.29 is 4.79 Å². The highest BCUT2D eigenvalue weighted by Gasteiger charge is 2.23. The molecule has 0 aliphatic carbocycles. The van der Waals surface area contributed by atoms with Crippen LogP contribution < -0.4 is 0 Å². The number of amides is 1. The second kappa shape index (κ2) is 7.41. The summed E-state index contributed by atoms with van der Waals surface area (Å²) in [6, 6.07) is 10.8. The summed E-state index contributed by atoms with van der Waals surface area (Å²) in [7, 11) is 0. The van der Waals surface area contributed by atoms with Crippen molar-refractivity contribution in [3.8, 4) is 0 Å². The Kier molecular flexibility index (Phi) is 5.56. The molecule has 1 atom stereocenters. The van der Waals surface area contributed by atoms with E-state index in [1.54, 1.807) is 0 Å². The van der Waals surface area contributed by atoms with Crippen LogP contribution in [0.15, 0.2) is 30.3 Å². The predicted octanol–water partition coefficient (Wildman–Crippen LogP) is 1.98. The lowest BCUT2D eigenvalue weighted by Gasteiger charge is -2.41. The van der Waals surface area contributed by atoms with Crippen molar-refractivity contribution >= 4 is 6.41 Å². The van der Waals surface area contributed by atoms with Gasteiger partial charge in [-0.15, -0.1) is 0 Å². The zero-order valence-electron chi connectivity index (χ0n) is 12.5. The van der Waals surface area contributed by atoms with Crippen molar-refractivity contribution in [1.82, 2.24) is 14.9 Å². The predicted molar refractivity (Wildman–Crippen MR) is 80.9 cm³/mol. The number of carbonyl (C=O) groups is 1. The van der Waals surface area contributed by atoms with E-state index < -0.39 is 0 Å². The molecule has 0 N–H and O–H groups in total. The summed E-state index contributed by atoms with van der Waals surface area (Å²) in [4.78, 5) is 13.7. The normalized spacial score (nSPS) is 18.7. The maximum Gasteiger partial charge on any atom is 0.224 e. The van der Waals surface area contributed by atoms with Gasteiger partial charge in [0.25, 0.3) is 0 Å². The summed E-state index contributed by atoms with van der Waals surface area (Å²) in [5, 5.41) is 4.04. The van der Waals surface area contributed by atoms with Gasteiger partial charge in [0, 0.05) is 38.8 Å². The fourth-order valence-corrected chi connectivity index (χ4v) is 2.60. The topological polar surface area (TPSA) is 26.8 Å². The largest absolute Gasteiger partial charge is 0.296 e. The molecule has 20 heavy (non-hydrogen) atoms. The third-order valence-corrected chi connectivity index (χ3v) is 4.07. The molecule has 1 amide bonds. The Labute approximate surface area is 121 Å². The SMILES string of the molecule is CCC(C)N(C=O)N1CCN(Cc2ccccc2)CC1. The molecule has 1 aliphatic heterocycles. The monoisotopic (exact) mass is 275 g/mol. The Morgan fingerprint density at radius 2 is 1.85 bits per heavy atom. The van der Waals surface area contributed by atoms with Crippen LogP contribution in [0.3, 0.4) is 0 Å². The Hall–Kier alpha value is -1.39. The zero-order chi connectivity index (χ0) is 14.4. The molecule has 4 nitrogen and oxygen atoms in total. The third kappa shape index (κ3) is 3.81. The van der Waals surface area contributed by atoms with E-state index in [1.165, 1.54) is 5.56 Å². The van der Waals surface area contributed by atoms with E-state index in [4.69, 9.17) is 0 Å². The maximum absolute atomic E-state index is 11.2. The van der Waals surface area contributed by atoms with Crippen LogP contribution in [-0.4, -0.2) is 53.5 Å². The Morgan fingerprint density at radius 3 is 2.40 bits per heavy atom. The minimum atomic E-state index is 0.285. The molecule has 1 aromatic rings. The summed E-state index contributed by atoms with van der Waals surface area (Å²) < 4.78 is 0. The number of hydrogen-bond acceptors (Lipinski definition) is 3. The average Bonchev–Trinajstić information content (AvgIpc) is 2.50. The van der Waals surface area contributed by atoms with Crippen LogP contribution in [0.5, 0.6) is 0 Å². The first-order valence-corrected chi connectivity index (χ1v) is 7.49. The Balaban J connectivity index is 1.84. The van der Waals surface area contributed by atoms with Gasteiger partial charge in [-0.25, -0.2) is 5.01 Å². The van der Waals surface area contributed by atoms with Crippen LogP contribution in [-0.2, 0) is 11.3 Å². The number of piperazine rings is 1. The second-order valence-electron chi connectivity index (χ2n) is 5.46. The van der Waals surface area contributed by atoms with E-state index in [2.05, 4.69) is 54.1 Å². The van der Waals surface area contributed by atoms with Crippen molar-refractivity contribution in [3.05, 3.63) is 35.9 Å². The average molecular weight is 275 g/mol. The maximum atomic E-state index is 11.2. The highest BCUT2D eigenvalue weighted by molar-refractivity contribution is 5.46. The third-order valence-electron chi connectivity index (χ3n) is 4.07. The molecular weight excluding hydrogens is 250 g/mol. The number of carbonyl (C=O) groups excluding carboxylic acids is 1. The number of benzene rings is 1. The van der Waals surface area contributed by atoms with E-state index in [0.29, 0.717) is 0 Å². The van der Waals surface area contributed by atoms with Crippen LogP contribution in [0, 0.1) is 0 Å². The van der Waals surface area contributed by atoms with Crippen molar-refractivity contribution in [2.24, 2.45) is 0 Å². The molecule has 0 radical (unpaired) electrons. The number of nitrogens with zero attached hydrogens (tertiary/aromatic N) is 3. The van der Waals surface area contributed by atoms with Gasteiger partial charge in [0.2, 0.25) is 6.41 Å². The molecule has 0 aromatic heterocycles. The fraction of sp³-hybridized carbons (Fsp3) is 0.562. The first-order valence-electron chi connectivity index (χ1n) is 7.49. The Morgan fingerprint density at radius 1 is 1.20 bits per heavy atom. The van der Waals surface area contributed by atoms with Crippen molar-refractivity contribution in [2.45, 2.75) is 32.9 Å². The molecular formula is C16H25N3O. The lowest BCUT2D eigenvalue weighted by molar-refractivity contribution is -0.144. The molecule has 1 unspecified atom stereocenters. The molecule has 2 rings (SSSR count). The minimum Gasteiger partial charge on any atom is -0.296 e. The van der Waals surface area contributed by atoms with E-state index in [0.717, 1.165) is 45.6 Å². The van der Waals surface area contributed by atoms with Gasteiger partial charge in [-0.1, -0.05) is 37.3 Å². The molecule has 0 saturated carbocycles. The van der Waals surface area contributed by atoms with Crippen LogP contribution in [0.1, 0.15) is 25.8 Å². The summed E-state index contributed by atoms with van der Waals surface area (Å²) in [6.07, 6.45) is 1.96. The van der Waals surface area contributed by atoms with Gasteiger partial charge in [-0.3, -0.25) is 14.7 Å². The second-order valence-corrected chi connectivity index (χ2v) is 5.46. The quantitative estimate of drug-likeness (QED) is 0.743. The highest BCUT2D eigenvalue weighted by Crippen LogP contribution is 2.12. The molecule has 1 fully saturated rings. The van der Waals surface area contributed by atoms with Crippen LogP contribution >= 0.6 is 0 Å². The lowest BCUT2D eigenvalue weighted by Crippen LogP contribution is -2.55. The van der Waals surface area contributed by atoms with Gasteiger partial charge < -0.3 is 0 Å². The van der Waals surface area contributed by atoms with Gasteiger partial charge in [0.1, 0.15) is 0 Å². The van der Waals surface area contributed by atoms with E-state index >= 15 is 0 Å². The van der Waals surface area contributed by atoms with Crippen LogP contribution in [0.25, 0.3) is 0 Å². The van der Waals surface area contributed by atoms with Gasteiger partial charge in [0.05, 0.1) is 0 Å². The van der Waals surface area contributed by atoms with Gasteiger partial charge >= 0.3 is 0 Å². The van der Waals surface area contributed by atoms with E-state index in [9.17, 15) is 4.79 Å². The summed E-state index contributed by atoms with van der Waals surface area (Å²) in [5.41, 5.74) is 1.36. The zero-order valence-corrected chi connectivity index (χ0v) is 12.5. The van der Waals surface area contributed by atoms with Crippen LogP contribution in [0.2, 0.25) is 0 Å². The summed E-state index contributed by atoms with van der Waals surface area (Å²) >= 11 is 0. The first kappa shape index (κ1) is 15.0. The van der Waals surface area contributed by atoms with Crippen molar-refractivity contribution in [3.63, 3.8) is 0 Å². The van der Waals surface area contributed by atoms with E-state index in [-0.39, 0.29) is 6.04 Å². The summed E-state index contributed by atoms with van der Waals surface area (Å²) in [5.74, 6) is 0. The molecule has 0 spiro atoms. The lowest BCUT2D eigenvalue weighted by atomic mass is 10.2. The van der Waals surface area contributed by atoms with Gasteiger partial charge in [0.15, 0.2) is 0 Å². The molecule has 1 heterocycles. The van der Waals surface area contributed by atoms with Crippen molar-refractivity contribution in [1.29, 1.82) is 0 Å². The smallest absolute Gasteiger partial charge is 0.224 e. The molecule has 110 valence electrons. The first-order chi connectivity index (χ1) is 9.74. The Bertz CT molecular complexity index is 401. The van der Waals surface area contributed by atoms with Crippen LogP contribution in [0.4, 0.5) is 0 Å².